The van der Waals surface area contributed by atoms with E-state index in [4.69, 9.17) is 0 Å². The number of aliphatic hydroxyl groups excluding tert-OH is 1. The number of β-lactam (4-membered cyclic amide) rings is 1. The number of nitrogens with zero attached hydrogens (tertiary/aromatic N) is 1. The molecular weight excluding hydrogens is 296 g/mol. The van der Waals surface area contributed by atoms with Crippen LogP contribution in [0.1, 0.15) is 16.6 Å². The van der Waals surface area contributed by atoms with Gasteiger partial charge in [-0.2, -0.15) is 0 Å². The summed E-state index contributed by atoms with van der Waals surface area (Å²) >= 11 is 2.93. The number of nitrogens with one attached hydrogen (secondary N) is 1. The Morgan fingerprint density at radius 3 is 3.05 bits per heavy atom. The summed E-state index contributed by atoms with van der Waals surface area (Å²) in [5.74, 6) is 0.394. The van der Waals surface area contributed by atoms with Crippen LogP contribution in [0.2, 0.25) is 0 Å². The van der Waals surface area contributed by atoms with E-state index < -0.39 is 6.04 Å². The van der Waals surface area contributed by atoms with Crippen LogP contribution in [0.25, 0.3) is 0 Å². The van der Waals surface area contributed by atoms with Crippen LogP contribution >= 0.6 is 23.1 Å². The minimum absolute atomic E-state index is 0.0262. The maximum absolute atomic E-state index is 12.2. The summed E-state index contributed by atoms with van der Waals surface area (Å²) in [6.07, 6.45) is 0. The number of carbonyl (C=O) groups excluding carboxylic acids is 2. The Balaban J connectivity index is 1.72. The van der Waals surface area contributed by atoms with E-state index in [-0.39, 0.29) is 23.8 Å². The first kappa shape index (κ1) is 13.7. The molecule has 0 aliphatic carbocycles. The summed E-state index contributed by atoms with van der Waals surface area (Å²) < 4.78 is 0. The summed E-state index contributed by atoms with van der Waals surface area (Å²) in [7, 11) is 0. The molecule has 2 atom stereocenters. The summed E-state index contributed by atoms with van der Waals surface area (Å²) in [5.41, 5.74) is 1.70. The number of thiophene rings is 1. The summed E-state index contributed by atoms with van der Waals surface area (Å²) in [6, 6.07) is 3.08. The third-order valence-electron chi connectivity index (χ3n) is 3.57. The Bertz CT molecular complexity index is 582. The number of hydrogen-bond acceptors (Lipinski definition) is 5. The molecule has 2 amide bonds. The van der Waals surface area contributed by atoms with E-state index in [1.165, 1.54) is 11.3 Å². The Hall–Kier alpha value is -1.31. The molecule has 0 bridgehead atoms. The lowest BCUT2D eigenvalue weighted by molar-refractivity contribution is -0.142. The van der Waals surface area contributed by atoms with Crippen molar-refractivity contribution in [1.29, 1.82) is 0 Å². The Morgan fingerprint density at radius 1 is 1.60 bits per heavy atom. The average Bonchev–Trinajstić information content (AvgIpc) is 2.98. The van der Waals surface area contributed by atoms with E-state index in [1.807, 2.05) is 18.4 Å². The van der Waals surface area contributed by atoms with Gasteiger partial charge in [0.1, 0.15) is 11.4 Å². The molecule has 0 aromatic carbocycles. The number of thioether (sulfide) groups is 1. The standard InChI is InChI=1S/C13H14N2O3S2/c1-7-8(5-16)6-20-13-10(12(18)15(7)13)14-11(17)9-3-2-4-19-9/h2-4,10,13,16H,5-6H2,1H3,(H,14,17). The minimum Gasteiger partial charge on any atom is -0.392 e. The second-order valence-corrected chi connectivity index (χ2v) is 6.74. The highest BCUT2D eigenvalue weighted by Crippen LogP contribution is 2.39. The van der Waals surface area contributed by atoms with Crippen molar-refractivity contribution in [1.82, 2.24) is 10.2 Å². The van der Waals surface area contributed by atoms with Crippen LogP contribution in [0, 0.1) is 0 Å². The van der Waals surface area contributed by atoms with Gasteiger partial charge in [-0.1, -0.05) is 6.07 Å². The van der Waals surface area contributed by atoms with E-state index in [2.05, 4.69) is 5.32 Å². The van der Waals surface area contributed by atoms with Crippen LogP contribution in [0.4, 0.5) is 0 Å². The van der Waals surface area contributed by atoms with Crippen molar-refractivity contribution in [3.05, 3.63) is 33.7 Å². The van der Waals surface area contributed by atoms with Crippen LogP contribution in [0.15, 0.2) is 28.8 Å². The number of rotatable bonds is 3. The van der Waals surface area contributed by atoms with Gasteiger partial charge in [-0.25, -0.2) is 0 Å². The number of amides is 2. The lowest BCUT2D eigenvalue weighted by Crippen LogP contribution is -2.69. The highest BCUT2D eigenvalue weighted by Gasteiger charge is 2.51. The number of allylic oxidation sites excluding steroid dienone is 1. The van der Waals surface area contributed by atoms with Gasteiger partial charge in [0.25, 0.3) is 11.8 Å². The molecule has 0 spiro atoms. The quantitative estimate of drug-likeness (QED) is 0.818. The largest absolute Gasteiger partial charge is 0.392 e. The Morgan fingerprint density at radius 2 is 2.40 bits per heavy atom. The first-order chi connectivity index (χ1) is 9.63. The second-order valence-electron chi connectivity index (χ2n) is 4.69. The van der Waals surface area contributed by atoms with E-state index in [1.54, 1.807) is 22.7 Å². The van der Waals surface area contributed by atoms with Gasteiger partial charge in [-0.15, -0.1) is 23.1 Å². The predicted molar refractivity (Wildman–Crippen MR) is 78.5 cm³/mol. The molecule has 0 saturated carbocycles. The molecule has 1 saturated heterocycles. The van der Waals surface area contributed by atoms with Crippen molar-refractivity contribution in [2.45, 2.75) is 18.3 Å². The van der Waals surface area contributed by atoms with Gasteiger partial charge in [-0.05, 0) is 23.9 Å². The lowest BCUT2D eigenvalue weighted by atomic mass is 10.0. The molecule has 3 heterocycles. The third kappa shape index (κ3) is 2.06. The maximum atomic E-state index is 12.2. The number of aliphatic hydroxyl groups is 1. The molecule has 2 aliphatic heterocycles. The minimum atomic E-state index is -0.468. The van der Waals surface area contributed by atoms with Crippen molar-refractivity contribution >= 4 is 34.9 Å². The lowest BCUT2D eigenvalue weighted by Gasteiger charge is -2.50. The average molecular weight is 310 g/mol. The summed E-state index contributed by atoms with van der Waals surface area (Å²) in [5, 5.41) is 13.8. The molecule has 7 heteroatoms. The van der Waals surface area contributed by atoms with Crippen LogP contribution in [-0.4, -0.2) is 45.6 Å². The molecule has 1 aromatic rings. The third-order valence-corrected chi connectivity index (χ3v) is 5.78. The molecular formula is C13H14N2O3S2. The smallest absolute Gasteiger partial charge is 0.262 e. The monoisotopic (exact) mass is 310 g/mol. The molecule has 2 N–H and O–H groups in total. The van der Waals surface area contributed by atoms with Crippen LogP contribution in [-0.2, 0) is 4.79 Å². The van der Waals surface area contributed by atoms with Gasteiger partial charge in [0, 0.05) is 11.4 Å². The second kappa shape index (κ2) is 5.23. The van der Waals surface area contributed by atoms with E-state index >= 15 is 0 Å². The Kier molecular flexibility index (Phi) is 3.57. The van der Waals surface area contributed by atoms with Gasteiger partial charge in [0.05, 0.1) is 11.5 Å². The molecule has 5 nitrogen and oxygen atoms in total. The molecule has 3 rings (SSSR count). The van der Waals surface area contributed by atoms with Crippen molar-refractivity contribution < 1.29 is 14.7 Å². The van der Waals surface area contributed by atoms with Crippen molar-refractivity contribution in [2.24, 2.45) is 0 Å². The van der Waals surface area contributed by atoms with Crippen LogP contribution in [0.5, 0.6) is 0 Å². The van der Waals surface area contributed by atoms with E-state index in [0.29, 0.717) is 10.6 Å². The fourth-order valence-corrected chi connectivity index (χ4v) is 4.45. The maximum Gasteiger partial charge on any atom is 0.262 e. The molecule has 1 aromatic heterocycles. The Labute approximate surface area is 124 Å². The molecule has 20 heavy (non-hydrogen) atoms. The van der Waals surface area contributed by atoms with Gasteiger partial charge >= 0.3 is 0 Å². The first-order valence-electron chi connectivity index (χ1n) is 6.22. The predicted octanol–water partition coefficient (Wildman–Crippen LogP) is 1.03. The number of fused-ring (bicyclic) bond motifs is 1. The number of hydrogen-bond donors (Lipinski definition) is 2. The molecule has 2 unspecified atom stereocenters. The summed E-state index contributed by atoms with van der Waals surface area (Å²) in [6.45, 7) is 1.81. The van der Waals surface area contributed by atoms with Crippen molar-refractivity contribution in [3.8, 4) is 0 Å². The van der Waals surface area contributed by atoms with E-state index in [0.717, 1.165) is 11.3 Å². The molecule has 1 fully saturated rings. The normalized spacial score (nSPS) is 25.3. The summed E-state index contributed by atoms with van der Waals surface area (Å²) in [4.78, 5) is 26.4. The molecule has 0 radical (unpaired) electrons. The first-order valence-corrected chi connectivity index (χ1v) is 8.15. The fourth-order valence-electron chi connectivity index (χ4n) is 2.37. The van der Waals surface area contributed by atoms with Gasteiger partial charge in [-0.3, -0.25) is 14.5 Å². The zero-order valence-electron chi connectivity index (χ0n) is 10.8. The zero-order valence-corrected chi connectivity index (χ0v) is 12.5. The van der Waals surface area contributed by atoms with Crippen molar-refractivity contribution in [3.63, 3.8) is 0 Å². The van der Waals surface area contributed by atoms with Crippen LogP contribution in [0.3, 0.4) is 0 Å². The molecule has 2 aliphatic rings. The highest BCUT2D eigenvalue weighted by molar-refractivity contribution is 8.00. The topological polar surface area (TPSA) is 69.6 Å². The SMILES string of the molecule is CC1=C(CO)CSC2C(NC(=O)c3cccs3)C(=O)N12. The van der Waals surface area contributed by atoms with Crippen LogP contribution < -0.4 is 5.32 Å². The highest BCUT2D eigenvalue weighted by atomic mass is 32.2. The van der Waals surface area contributed by atoms with Crippen molar-refractivity contribution in [2.75, 3.05) is 12.4 Å². The fraction of sp³-hybridized carbons (Fsp3) is 0.385. The van der Waals surface area contributed by atoms with Gasteiger partial charge in [0.2, 0.25) is 0 Å². The zero-order chi connectivity index (χ0) is 14.3. The van der Waals surface area contributed by atoms with Gasteiger partial charge in [0.15, 0.2) is 0 Å². The number of carbonyl (C=O) groups is 2. The van der Waals surface area contributed by atoms with E-state index in [9.17, 15) is 14.7 Å². The molecule has 106 valence electrons. The van der Waals surface area contributed by atoms with Gasteiger partial charge < -0.3 is 10.4 Å².